The molecular weight excluding hydrogens is 200 g/mol. The van der Waals surface area contributed by atoms with Gasteiger partial charge in [-0.3, -0.25) is 0 Å². The topological polar surface area (TPSA) is 56.7 Å². The van der Waals surface area contributed by atoms with Crippen LogP contribution in [0.4, 0.5) is 0 Å². The molecule has 2 N–H and O–H groups in total. The van der Waals surface area contributed by atoms with Gasteiger partial charge in [-0.25, -0.2) is 0 Å². The number of hydrogen-bond acceptors (Lipinski definition) is 3. The Morgan fingerprint density at radius 1 is 1.31 bits per heavy atom. The fourth-order valence-electron chi connectivity index (χ4n) is 1.59. The maximum Gasteiger partial charge on any atom is 0.134 e. The van der Waals surface area contributed by atoms with Crippen LogP contribution < -0.4 is 5.73 Å². The Balaban J connectivity index is 2.81. The zero-order valence-corrected chi connectivity index (χ0v) is 11.1. The predicted octanol–water partition coefficient (Wildman–Crippen LogP) is 1.91. The Kier molecular flexibility index (Phi) is 4.08. The summed E-state index contributed by atoms with van der Waals surface area (Å²) in [4.78, 5) is 0. The number of aromatic nitrogens is 3. The highest BCUT2D eigenvalue weighted by Gasteiger charge is 2.23. The van der Waals surface area contributed by atoms with E-state index in [0.29, 0.717) is 0 Å². The first kappa shape index (κ1) is 13.2. The van der Waals surface area contributed by atoms with Crippen molar-refractivity contribution in [2.24, 2.45) is 11.1 Å². The van der Waals surface area contributed by atoms with Gasteiger partial charge in [0.25, 0.3) is 0 Å². The van der Waals surface area contributed by atoms with Crippen molar-refractivity contribution in [2.45, 2.75) is 60.0 Å². The summed E-state index contributed by atoms with van der Waals surface area (Å²) >= 11 is 0. The highest BCUT2D eigenvalue weighted by Crippen LogP contribution is 2.20. The molecule has 1 aromatic heterocycles. The van der Waals surface area contributed by atoms with E-state index in [1.807, 2.05) is 6.92 Å². The zero-order valence-electron chi connectivity index (χ0n) is 11.1. The van der Waals surface area contributed by atoms with Crippen molar-refractivity contribution < 1.29 is 0 Å². The van der Waals surface area contributed by atoms with Gasteiger partial charge in [-0.15, -0.1) is 10.2 Å². The minimum Gasteiger partial charge on any atom is -0.327 e. The monoisotopic (exact) mass is 224 g/mol. The summed E-state index contributed by atoms with van der Waals surface area (Å²) in [6.07, 6.45) is 1.89. The summed E-state index contributed by atoms with van der Waals surface area (Å²) < 4.78 is 2.17. The van der Waals surface area contributed by atoms with Crippen molar-refractivity contribution in [1.82, 2.24) is 14.8 Å². The zero-order chi connectivity index (χ0) is 12.3. The fraction of sp³-hybridized carbons (Fsp3) is 0.833. The molecule has 1 heterocycles. The van der Waals surface area contributed by atoms with Crippen LogP contribution in [0, 0.1) is 12.3 Å². The number of aryl methyl sites for hydroxylation is 1. The lowest BCUT2D eigenvalue weighted by Gasteiger charge is -2.26. The van der Waals surface area contributed by atoms with E-state index in [0.717, 1.165) is 31.0 Å². The van der Waals surface area contributed by atoms with Gasteiger partial charge in [0.15, 0.2) is 0 Å². The number of nitrogens with zero attached hydrogens (tertiary/aromatic N) is 3. The molecule has 0 radical (unpaired) electrons. The van der Waals surface area contributed by atoms with Crippen LogP contribution >= 0.6 is 0 Å². The molecule has 4 nitrogen and oxygen atoms in total. The molecule has 0 saturated heterocycles. The van der Waals surface area contributed by atoms with Crippen LogP contribution in [0.5, 0.6) is 0 Å². The van der Waals surface area contributed by atoms with Gasteiger partial charge >= 0.3 is 0 Å². The van der Waals surface area contributed by atoms with E-state index in [1.165, 1.54) is 0 Å². The molecule has 4 heteroatoms. The molecule has 0 aromatic carbocycles. The van der Waals surface area contributed by atoms with Crippen LogP contribution in [0.2, 0.25) is 0 Å². The van der Waals surface area contributed by atoms with Gasteiger partial charge in [0.05, 0.1) is 0 Å². The Morgan fingerprint density at radius 3 is 2.44 bits per heavy atom. The van der Waals surface area contributed by atoms with E-state index >= 15 is 0 Å². The molecule has 1 unspecified atom stereocenters. The van der Waals surface area contributed by atoms with Gasteiger partial charge in [-0.05, 0) is 18.8 Å². The van der Waals surface area contributed by atoms with E-state index in [4.69, 9.17) is 5.73 Å². The van der Waals surface area contributed by atoms with E-state index in [-0.39, 0.29) is 11.5 Å². The summed E-state index contributed by atoms with van der Waals surface area (Å²) in [5.74, 6) is 2.00. The average Bonchev–Trinajstić information content (AvgIpc) is 2.49. The van der Waals surface area contributed by atoms with Crippen molar-refractivity contribution in [2.75, 3.05) is 0 Å². The highest BCUT2D eigenvalue weighted by atomic mass is 15.3. The molecular formula is C12H24N4. The Hall–Kier alpha value is -0.900. The molecule has 0 aliphatic heterocycles. The third kappa shape index (κ3) is 3.04. The van der Waals surface area contributed by atoms with E-state index in [2.05, 4.69) is 42.5 Å². The van der Waals surface area contributed by atoms with Gasteiger partial charge in [-0.2, -0.15) is 0 Å². The van der Waals surface area contributed by atoms with Crippen LogP contribution in [0.15, 0.2) is 0 Å². The molecule has 16 heavy (non-hydrogen) atoms. The summed E-state index contributed by atoms with van der Waals surface area (Å²) in [5.41, 5.74) is 6.28. The third-order valence-corrected chi connectivity index (χ3v) is 2.97. The Bertz CT molecular complexity index is 335. The largest absolute Gasteiger partial charge is 0.327 e. The lowest BCUT2D eigenvalue weighted by Crippen LogP contribution is -2.37. The minimum atomic E-state index is 0.108. The predicted molar refractivity (Wildman–Crippen MR) is 66.2 cm³/mol. The molecule has 1 atom stereocenters. The van der Waals surface area contributed by atoms with Gasteiger partial charge < -0.3 is 10.3 Å². The quantitative estimate of drug-likeness (QED) is 0.850. The van der Waals surface area contributed by atoms with Crippen LogP contribution in [0.1, 0.15) is 45.8 Å². The Morgan fingerprint density at radius 2 is 1.94 bits per heavy atom. The van der Waals surface area contributed by atoms with Gasteiger partial charge in [0.2, 0.25) is 0 Å². The molecule has 1 aromatic rings. The number of rotatable bonds is 4. The van der Waals surface area contributed by atoms with Gasteiger partial charge in [0.1, 0.15) is 11.6 Å². The summed E-state index contributed by atoms with van der Waals surface area (Å²) in [6.45, 7) is 11.6. The molecule has 0 aliphatic rings. The fourth-order valence-corrected chi connectivity index (χ4v) is 1.59. The van der Waals surface area contributed by atoms with Gasteiger partial charge in [-0.1, -0.05) is 27.7 Å². The third-order valence-electron chi connectivity index (χ3n) is 2.97. The van der Waals surface area contributed by atoms with Crippen molar-refractivity contribution in [3.8, 4) is 0 Å². The first-order chi connectivity index (χ1) is 7.36. The second kappa shape index (κ2) is 4.95. The van der Waals surface area contributed by atoms with Crippen LogP contribution in [-0.2, 0) is 13.0 Å². The maximum atomic E-state index is 6.18. The van der Waals surface area contributed by atoms with E-state index in [1.54, 1.807) is 0 Å². The molecule has 0 aliphatic carbocycles. The maximum absolute atomic E-state index is 6.18. The highest BCUT2D eigenvalue weighted by molar-refractivity contribution is 4.98. The van der Waals surface area contributed by atoms with Crippen molar-refractivity contribution in [3.63, 3.8) is 0 Å². The lowest BCUT2D eigenvalue weighted by molar-refractivity contribution is 0.312. The van der Waals surface area contributed by atoms with Crippen LogP contribution in [0.3, 0.4) is 0 Å². The first-order valence-corrected chi connectivity index (χ1v) is 6.00. The Labute approximate surface area is 98.2 Å². The van der Waals surface area contributed by atoms with Crippen LogP contribution in [0.25, 0.3) is 0 Å². The molecule has 0 bridgehead atoms. The molecule has 0 spiro atoms. The minimum absolute atomic E-state index is 0.108. The van der Waals surface area contributed by atoms with E-state index < -0.39 is 0 Å². The average molecular weight is 224 g/mol. The second-order valence-corrected chi connectivity index (χ2v) is 5.49. The second-order valence-electron chi connectivity index (χ2n) is 5.49. The molecule has 1 rings (SSSR count). The number of nitrogens with two attached hydrogens (primary N) is 1. The standard InChI is InChI=1S/C12H24N4/c1-6-7-16-9(2)14-15-11(16)8-10(13)12(3,4)5/h10H,6-8,13H2,1-5H3. The van der Waals surface area contributed by atoms with E-state index in [9.17, 15) is 0 Å². The van der Waals surface area contributed by atoms with Crippen molar-refractivity contribution in [3.05, 3.63) is 11.6 Å². The summed E-state index contributed by atoms with van der Waals surface area (Å²) in [7, 11) is 0. The van der Waals surface area contributed by atoms with Gasteiger partial charge in [0, 0.05) is 19.0 Å². The lowest BCUT2D eigenvalue weighted by atomic mass is 9.85. The first-order valence-electron chi connectivity index (χ1n) is 6.00. The number of hydrogen-bond donors (Lipinski definition) is 1. The molecule has 92 valence electrons. The molecule has 0 fully saturated rings. The smallest absolute Gasteiger partial charge is 0.134 e. The molecule has 0 saturated carbocycles. The SMILES string of the molecule is CCCn1c(C)nnc1CC(N)C(C)(C)C. The molecule has 0 amide bonds. The summed E-state index contributed by atoms with van der Waals surface area (Å²) in [5, 5.41) is 8.35. The normalized spacial score (nSPS) is 14.1. The summed E-state index contributed by atoms with van der Waals surface area (Å²) in [6, 6.07) is 0.117. The van der Waals surface area contributed by atoms with Crippen molar-refractivity contribution >= 4 is 0 Å². The van der Waals surface area contributed by atoms with Crippen molar-refractivity contribution in [1.29, 1.82) is 0 Å². The van der Waals surface area contributed by atoms with Crippen LogP contribution in [-0.4, -0.2) is 20.8 Å².